The van der Waals surface area contributed by atoms with Crippen LogP contribution in [0.4, 0.5) is 5.69 Å². The van der Waals surface area contributed by atoms with Crippen molar-refractivity contribution in [3.05, 3.63) is 68.9 Å². The predicted octanol–water partition coefficient (Wildman–Crippen LogP) is 3.56. The van der Waals surface area contributed by atoms with Gasteiger partial charge in [0.25, 0.3) is 5.56 Å². The zero-order valence-corrected chi connectivity index (χ0v) is 18.7. The van der Waals surface area contributed by atoms with E-state index in [-0.39, 0.29) is 22.4 Å². The van der Waals surface area contributed by atoms with E-state index in [9.17, 15) is 14.7 Å². The lowest BCUT2D eigenvalue weighted by Crippen LogP contribution is -2.22. The highest BCUT2D eigenvalue weighted by Gasteiger charge is 2.20. The minimum absolute atomic E-state index is 0.0896. The molecule has 0 bridgehead atoms. The highest BCUT2D eigenvalue weighted by atomic mass is 35.5. The summed E-state index contributed by atoms with van der Waals surface area (Å²) in [5.74, 6) is -0.750. The molecule has 1 unspecified atom stereocenters. The van der Waals surface area contributed by atoms with E-state index < -0.39 is 5.97 Å². The van der Waals surface area contributed by atoms with Crippen LogP contribution in [-0.2, 0) is 14.1 Å². The Kier molecular flexibility index (Phi) is 5.43. The van der Waals surface area contributed by atoms with Gasteiger partial charge in [-0.3, -0.25) is 14.0 Å². The first-order chi connectivity index (χ1) is 15.2. The third kappa shape index (κ3) is 3.82. The maximum atomic E-state index is 13.2. The zero-order valence-electron chi connectivity index (χ0n) is 17.9. The second kappa shape index (κ2) is 8.08. The number of rotatable bonds is 5. The van der Waals surface area contributed by atoms with E-state index >= 15 is 0 Å². The molecule has 32 heavy (non-hydrogen) atoms. The molecule has 0 radical (unpaired) electrons. The summed E-state index contributed by atoms with van der Waals surface area (Å²) in [6, 6.07) is 8.23. The first kappa shape index (κ1) is 21.5. The normalized spacial score (nSPS) is 12.2. The number of halogens is 1. The molecule has 0 aliphatic carbocycles. The quantitative estimate of drug-likeness (QED) is 0.445. The molecule has 2 N–H and O–H groups in total. The van der Waals surface area contributed by atoms with Crippen LogP contribution in [0, 0.1) is 6.92 Å². The molecule has 9 nitrogen and oxygen atoms in total. The van der Waals surface area contributed by atoms with E-state index in [0.29, 0.717) is 28.1 Å². The number of carboxylic acid groups (broad SMARTS) is 1. The maximum Gasteiger partial charge on any atom is 0.356 e. The number of fused-ring (bicyclic) bond motifs is 1. The van der Waals surface area contributed by atoms with Gasteiger partial charge in [0.05, 0.1) is 22.6 Å². The van der Waals surface area contributed by atoms with Crippen LogP contribution >= 0.6 is 11.6 Å². The molecule has 0 fully saturated rings. The molecular formula is C22H21ClN6O3. The van der Waals surface area contributed by atoms with Gasteiger partial charge in [0.15, 0.2) is 11.5 Å². The fraction of sp³-hybridized carbons (Fsp3) is 0.227. The number of anilines is 1. The third-order valence-electron chi connectivity index (χ3n) is 5.20. The van der Waals surface area contributed by atoms with Crippen molar-refractivity contribution in [3.63, 3.8) is 0 Å². The maximum absolute atomic E-state index is 13.2. The Balaban J connectivity index is 1.88. The second-order valence-electron chi connectivity index (χ2n) is 7.63. The number of aromatic carboxylic acids is 1. The van der Waals surface area contributed by atoms with E-state index in [2.05, 4.69) is 15.4 Å². The number of benzene rings is 1. The van der Waals surface area contributed by atoms with Crippen molar-refractivity contribution in [1.29, 1.82) is 0 Å². The summed E-state index contributed by atoms with van der Waals surface area (Å²) in [5, 5.41) is 17.6. The minimum atomic E-state index is -1.19. The number of aromatic nitrogens is 5. The Morgan fingerprint density at radius 2 is 1.94 bits per heavy atom. The Labute approximate surface area is 188 Å². The zero-order chi connectivity index (χ0) is 23.2. The molecule has 10 heteroatoms. The summed E-state index contributed by atoms with van der Waals surface area (Å²) in [4.78, 5) is 33.5. The standard InChI is InChI=1S/C22H21ClN6O3/c1-11-9-13(12(2)24-15-5-6-17(23)25-19(15)22(31)32)18-14(10-11)21(30)29(4)20(26-18)16-7-8-28(3)27-16/h5-10,12,24H,1-4H3,(H,31,32). The highest BCUT2D eigenvalue weighted by Crippen LogP contribution is 2.29. The molecule has 0 aliphatic heterocycles. The van der Waals surface area contributed by atoms with Gasteiger partial charge in [-0.15, -0.1) is 0 Å². The number of pyridine rings is 1. The van der Waals surface area contributed by atoms with Crippen LogP contribution in [0.1, 0.15) is 34.6 Å². The molecule has 0 spiro atoms. The van der Waals surface area contributed by atoms with Gasteiger partial charge in [-0.05, 0) is 43.7 Å². The summed E-state index contributed by atoms with van der Waals surface area (Å²) in [6.07, 6.45) is 1.78. The molecule has 0 aliphatic rings. The van der Waals surface area contributed by atoms with Crippen molar-refractivity contribution in [2.75, 3.05) is 5.32 Å². The smallest absolute Gasteiger partial charge is 0.356 e. The average molecular weight is 453 g/mol. The molecule has 164 valence electrons. The van der Waals surface area contributed by atoms with Crippen LogP contribution in [0.15, 0.2) is 41.3 Å². The highest BCUT2D eigenvalue weighted by molar-refractivity contribution is 6.29. The van der Waals surface area contributed by atoms with Gasteiger partial charge in [-0.2, -0.15) is 5.10 Å². The lowest BCUT2D eigenvalue weighted by atomic mass is 10.0. The largest absolute Gasteiger partial charge is 0.476 e. The van der Waals surface area contributed by atoms with E-state index in [4.69, 9.17) is 16.6 Å². The first-order valence-corrected chi connectivity index (χ1v) is 10.2. The third-order valence-corrected chi connectivity index (χ3v) is 5.41. The van der Waals surface area contributed by atoms with E-state index in [1.807, 2.05) is 19.9 Å². The molecule has 0 saturated heterocycles. The van der Waals surface area contributed by atoms with Crippen molar-refractivity contribution >= 4 is 34.2 Å². The van der Waals surface area contributed by atoms with E-state index in [0.717, 1.165) is 11.1 Å². The molecule has 4 rings (SSSR count). The number of aryl methyl sites for hydroxylation is 2. The predicted molar refractivity (Wildman–Crippen MR) is 122 cm³/mol. The summed E-state index contributed by atoms with van der Waals surface area (Å²) in [7, 11) is 3.46. The van der Waals surface area contributed by atoms with Gasteiger partial charge in [0, 0.05) is 25.9 Å². The number of nitrogens with one attached hydrogen (secondary N) is 1. The van der Waals surface area contributed by atoms with Crippen molar-refractivity contribution < 1.29 is 9.90 Å². The van der Waals surface area contributed by atoms with Gasteiger partial charge in [-0.1, -0.05) is 17.7 Å². The Hall–Kier alpha value is -3.72. The molecule has 3 heterocycles. The number of hydrogen-bond donors (Lipinski definition) is 2. The average Bonchev–Trinajstić information content (AvgIpc) is 3.17. The fourth-order valence-corrected chi connectivity index (χ4v) is 3.82. The molecule has 3 aromatic heterocycles. The summed E-state index contributed by atoms with van der Waals surface area (Å²) >= 11 is 5.87. The van der Waals surface area contributed by atoms with Crippen LogP contribution in [0.25, 0.3) is 22.4 Å². The van der Waals surface area contributed by atoms with Crippen LogP contribution < -0.4 is 10.9 Å². The minimum Gasteiger partial charge on any atom is -0.476 e. The number of carbonyl (C=O) groups is 1. The molecule has 1 aromatic carbocycles. The molecule has 0 saturated carbocycles. The van der Waals surface area contributed by atoms with Gasteiger partial charge in [0.1, 0.15) is 10.8 Å². The van der Waals surface area contributed by atoms with Gasteiger partial charge in [0.2, 0.25) is 0 Å². The van der Waals surface area contributed by atoms with Crippen molar-refractivity contribution in [1.82, 2.24) is 24.3 Å². The first-order valence-electron chi connectivity index (χ1n) is 9.83. The number of nitrogens with zero attached hydrogens (tertiary/aromatic N) is 5. The number of carboxylic acids is 1. The van der Waals surface area contributed by atoms with Crippen LogP contribution in [-0.4, -0.2) is 35.4 Å². The van der Waals surface area contributed by atoms with Crippen LogP contribution in [0.3, 0.4) is 0 Å². The molecular weight excluding hydrogens is 432 g/mol. The van der Waals surface area contributed by atoms with Gasteiger partial charge in [-0.25, -0.2) is 14.8 Å². The van der Waals surface area contributed by atoms with Crippen molar-refractivity contribution in [3.8, 4) is 11.5 Å². The van der Waals surface area contributed by atoms with Crippen LogP contribution in [0.2, 0.25) is 5.15 Å². The molecule has 0 amide bonds. The Morgan fingerprint density at radius 3 is 2.59 bits per heavy atom. The van der Waals surface area contributed by atoms with Gasteiger partial charge < -0.3 is 10.4 Å². The number of hydrogen-bond acceptors (Lipinski definition) is 6. The second-order valence-corrected chi connectivity index (χ2v) is 8.01. The van der Waals surface area contributed by atoms with E-state index in [1.165, 1.54) is 10.6 Å². The fourth-order valence-electron chi connectivity index (χ4n) is 3.67. The summed E-state index contributed by atoms with van der Waals surface area (Å²) in [5.41, 5.74) is 2.69. The summed E-state index contributed by atoms with van der Waals surface area (Å²) in [6.45, 7) is 3.77. The monoisotopic (exact) mass is 452 g/mol. The van der Waals surface area contributed by atoms with Gasteiger partial charge >= 0.3 is 5.97 Å². The van der Waals surface area contributed by atoms with Crippen molar-refractivity contribution in [2.45, 2.75) is 19.9 Å². The van der Waals surface area contributed by atoms with Crippen LogP contribution in [0.5, 0.6) is 0 Å². The lowest BCUT2D eigenvalue weighted by molar-refractivity contribution is 0.0691. The Morgan fingerprint density at radius 1 is 1.19 bits per heavy atom. The molecule has 4 aromatic rings. The van der Waals surface area contributed by atoms with Crippen molar-refractivity contribution in [2.24, 2.45) is 14.1 Å². The topological polar surface area (TPSA) is 115 Å². The molecule has 1 atom stereocenters. The Bertz CT molecular complexity index is 1430. The summed E-state index contributed by atoms with van der Waals surface area (Å²) < 4.78 is 3.13. The lowest BCUT2D eigenvalue weighted by Gasteiger charge is -2.20. The van der Waals surface area contributed by atoms with E-state index in [1.54, 1.807) is 43.2 Å². The SMILES string of the molecule is Cc1cc(C(C)Nc2ccc(Cl)nc2C(=O)O)c2nc(-c3ccn(C)n3)n(C)c(=O)c2c1.